The van der Waals surface area contributed by atoms with Gasteiger partial charge in [0, 0.05) is 24.1 Å². The summed E-state index contributed by atoms with van der Waals surface area (Å²) >= 11 is 0. The van der Waals surface area contributed by atoms with Gasteiger partial charge in [-0.15, -0.1) is 5.92 Å². The highest BCUT2D eigenvalue weighted by molar-refractivity contribution is 5.94. The molecule has 0 aliphatic heterocycles. The zero-order valence-electron chi connectivity index (χ0n) is 20.2. The standard InChI is InChI=1S/C29H36N2O2/c1-4-14-28(33)15-16-29(20-22-8-6-5-7-9-22)25(21-28)12-10-23-19-24(11-13-26(23)29)27(32)30-17-18-31(2)3/h5-9,11,13,19,25,33H,10,12,15-18,20-21H2,1-3H3,(H,30,32)/t25-,28-,29+/m1/s1. The zero-order chi connectivity index (χ0) is 23.5. The summed E-state index contributed by atoms with van der Waals surface area (Å²) in [5.41, 5.74) is 3.80. The molecule has 174 valence electrons. The molecule has 1 saturated carbocycles. The number of hydrogen-bond acceptors (Lipinski definition) is 3. The van der Waals surface area contributed by atoms with Crippen LogP contribution in [0, 0.1) is 17.8 Å². The Morgan fingerprint density at radius 3 is 2.70 bits per heavy atom. The molecule has 0 spiro atoms. The molecule has 0 saturated heterocycles. The van der Waals surface area contributed by atoms with Gasteiger partial charge in [-0.1, -0.05) is 42.3 Å². The van der Waals surface area contributed by atoms with E-state index >= 15 is 0 Å². The van der Waals surface area contributed by atoms with E-state index < -0.39 is 5.60 Å². The molecule has 0 heterocycles. The van der Waals surface area contributed by atoms with E-state index in [1.54, 1.807) is 0 Å². The van der Waals surface area contributed by atoms with Crippen LogP contribution in [-0.4, -0.2) is 48.7 Å². The van der Waals surface area contributed by atoms with Crippen LogP contribution in [0.1, 0.15) is 59.7 Å². The average Bonchev–Trinajstić information content (AvgIpc) is 2.79. The summed E-state index contributed by atoms with van der Waals surface area (Å²) in [6, 6.07) is 17.0. The Balaban J connectivity index is 1.66. The lowest BCUT2D eigenvalue weighted by Crippen LogP contribution is -2.51. The first kappa shape index (κ1) is 23.5. The fourth-order valence-corrected chi connectivity index (χ4v) is 5.96. The molecule has 3 atom stereocenters. The Hall–Kier alpha value is -2.61. The maximum absolute atomic E-state index is 12.7. The summed E-state index contributed by atoms with van der Waals surface area (Å²) in [4.78, 5) is 14.8. The van der Waals surface area contributed by atoms with Gasteiger partial charge in [-0.05, 0) is 94.3 Å². The molecule has 4 rings (SSSR count). The van der Waals surface area contributed by atoms with Crippen molar-refractivity contribution in [1.29, 1.82) is 0 Å². The molecule has 0 aromatic heterocycles. The number of nitrogens with zero attached hydrogens (tertiary/aromatic N) is 1. The van der Waals surface area contributed by atoms with E-state index in [0.717, 1.165) is 37.8 Å². The highest BCUT2D eigenvalue weighted by Crippen LogP contribution is 2.54. The van der Waals surface area contributed by atoms with Gasteiger partial charge in [-0.3, -0.25) is 4.79 Å². The van der Waals surface area contributed by atoms with Crippen LogP contribution in [0.3, 0.4) is 0 Å². The van der Waals surface area contributed by atoms with E-state index in [4.69, 9.17) is 0 Å². The number of hydrogen-bond donors (Lipinski definition) is 2. The van der Waals surface area contributed by atoms with E-state index in [0.29, 0.717) is 25.3 Å². The van der Waals surface area contributed by atoms with Gasteiger partial charge in [0.25, 0.3) is 5.91 Å². The van der Waals surface area contributed by atoms with Gasteiger partial charge in [0.2, 0.25) is 0 Å². The van der Waals surface area contributed by atoms with Gasteiger partial charge in [0.05, 0.1) is 0 Å². The van der Waals surface area contributed by atoms with Crippen molar-refractivity contribution >= 4 is 5.91 Å². The van der Waals surface area contributed by atoms with Crippen molar-refractivity contribution < 1.29 is 9.90 Å². The van der Waals surface area contributed by atoms with Crippen LogP contribution in [0.15, 0.2) is 48.5 Å². The maximum atomic E-state index is 12.7. The minimum Gasteiger partial charge on any atom is -0.378 e. The van der Waals surface area contributed by atoms with E-state index in [-0.39, 0.29) is 11.3 Å². The summed E-state index contributed by atoms with van der Waals surface area (Å²) in [6.07, 6.45) is 5.20. The predicted octanol–water partition coefficient (Wildman–Crippen LogP) is 3.96. The van der Waals surface area contributed by atoms with Crippen LogP contribution in [-0.2, 0) is 18.3 Å². The lowest BCUT2D eigenvalue weighted by atomic mass is 9.52. The third-order valence-electron chi connectivity index (χ3n) is 7.58. The monoisotopic (exact) mass is 444 g/mol. The second kappa shape index (κ2) is 9.71. The molecule has 1 fully saturated rings. The SMILES string of the molecule is CC#C[C@@]1(O)CC[C@@]2(Cc3ccccc3)c3ccc(C(=O)NCCN(C)C)cc3CC[C@@H]2C1. The molecule has 4 nitrogen and oxygen atoms in total. The lowest BCUT2D eigenvalue weighted by molar-refractivity contribution is -0.00801. The van der Waals surface area contributed by atoms with Gasteiger partial charge in [0.15, 0.2) is 0 Å². The minimum atomic E-state index is -0.886. The van der Waals surface area contributed by atoms with Crippen molar-refractivity contribution in [2.45, 2.75) is 56.5 Å². The van der Waals surface area contributed by atoms with Crippen LogP contribution in [0.25, 0.3) is 0 Å². The first-order valence-corrected chi connectivity index (χ1v) is 12.1. The smallest absolute Gasteiger partial charge is 0.251 e. The summed E-state index contributed by atoms with van der Waals surface area (Å²) < 4.78 is 0. The average molecular weight is 445 g/mol. The number of likely N-dealkylation sites (N-methyl/N-ethyl adjacent to an activating group) is 1. The quantitative estimate of drug-likeness (QED) is 0.663. The molecule has 2 aliphatic carbocycles. The number of amides is 1. The number of aryl methyl sites for hydroxylation is 1. The van der Waals surface area contributed by atoms with Gasteiger partial charge in [0.1, 0.15) is 5.60 Å². The zero-order valence-corrected chi connectivity index (χ0v) is 20.2. The highest BCUT2D eigenvalue weighted by Gasteiger charge is 2.51. The largest absolute Gasteiger partial charge is 0.378 e. The number of benzene rings is 2. The van der Waals surface area contributed by atoms with Gasteiger partial charge in [-0.2, -0.15) is 0 Å². The van der Waals surface area contributed by atoms with Crippen LogP contribution in [0.2, 0.25) is 0 Å². The van der Waals surface area contributed by atoms with Crippen molar-refractivity contribution in [1.82, 2.24) is 10.2 Å². The number of carbonyl (C=O) groups is 1. The summed E-state index contributed by atoms with van der Waals surface area (Å²) in [6.45, 7) is 3.27. The molecule has 0 unspecified atom stereocenters. The Labute approximate surface area is 198 Å². The number of aliphatic hydroxyl groups is 1. The number of carbonyl (C=O) groups excluding carboxylic acids is 1. The molecular weight excluding hydrogens is 408 g/mol. The molecule has 2 N–H and O–H groups in total. The maximum Gasteiger partial charge on any atom is 0.251 e. The Morgan fingerprint density at radius 2 is 1.97 bits per heavy atom. The molecule has 33 heavy (non-hydrogen) atoms. The van der Waals surface area contributed by atoms with Gasteiger partial charge >= 0.3 is 0 Å². The van der Waals surface area contributed by atoms with E-state index in [9.17, 15) is 9.90 Å². The molecule has 0 bridgehead atoms. The second-order valence-electron chi connectivity index (χ2n) is 10.1. The van der Waals surface area contributed by atoms with Crippen molar-refractivity contribution in [2.24, 2.45) is 5.92 Å². The van der Waals surface area contributed by atoms with Crippen molar-refractivity contribution in [3.8, 4) is 11.8 Å². The third kappa shape index (κ3) is 5.00. The second-order valence-corrected chi connectivity index (χ2v) is 10.1. The van der Waals surface area contributed by atoms with E-state index in [1.807, 2.05) is 27.1 Å². The van der Waals surface area contributed by atoms with Gasteiger partial charge in [-0.25, -0.2) is 0 Å². The van der Waals surface area contributed by atoms with Crippen LogP contribution in [0.4, 0.5) is 0 Å². The molecule has 1 amide bonds. The molecular formula is C29H36N2O2. The first-order valence-electron chi connectivity index (χ1n) is 12.1. The summed E-state index contributed by atoms with van der Waals surface area (Å²) in [7, 11) is 4.01. The molecule has 4 heteroatoms. The topological polar surface area (TPSA) is 52.6 Å². The third-order valence-corrected chi connectivity index (χ3v) is 7.58. The Kier molecular flexibility index (Phi) is 6.93. The first-order chi connectivity index (χ1) is 15.8. The number of fused-ring (bicyclic) bond motifs is 3. The Morgan fingerprint density at radius 1 is 1.18 bits per heavy atom. The normalized spacial score (nSPS) is 26.0. The minimum absolute atomic E-state index is 0.00452. The van der Waals surface area contributed by atoms with Gasteiger partial charge < -0.3 is 15.3 Å². The number of nitrogens with one attached hydrogen (secondary N) is 1. The molecule has 2 aliphatic rings. The number of rotatable bonds is 6. The molecule has 2 aromatic rings. The van der Waals surface area contributed by atoms with Crippen molar-refractivity contribution in [2.75, 3.05) is 27.2 Å². The van der Waals surface area contributed by atoms with E-state index in [2.05, 4.69) is 64.5 Å². The summed E-state index contributed by atoms with van der Waals surface area (Å²) in [5.74, 6) is 6.41. The van der Waals surface area contributed by atoms with E-state index in [1.165, 1.54) is 16.7 Å². The fraction of sp³-hybridized carbons (Fsp3) is 0.483. The van der Waals surface area contributed by atoms with Crippen LogP contribution < -0.4 is 5.32 Å². The molecule has 0 radical (unpaired) electrons. The summed E-state index contributed by atoms with van der Waals surface area (Å²) in [5, 5.41) is 14.2. The fourth-order valence-electron chi connectivity index (χ4n) is 5.96. The predicted molar refractivity (Wildman–Crippen MR) is 133 cm³/mol. The van der Waals surface area contributed by atoms with Crippen molar-refractivity contribution in [3.05, 3.63) is 70.8 Å². The van der Waals surface area contributed by atoms with Crippen LogP contribution in [0.5, 0.6) is 0 Å². The lowest BCUT2D eigenvalue weighted by Gasteiger charge is -2.52. The van der Waals surface area contributed by atoms with Crippen molar-refractivity contribution in [3.63, 3.8) is 0 Å². The Bertz CT molecular complexity index is 1050. The molecule has 2 aromatic carbocycles. The highest BCUT2D eigenvalue weighted by atomic mass is 16.3. The van der Waals surface area contributed by atoms with Crippen LogP contribution >= 0.6 is 0 Å².